The molecule has 0 aliphatic rings. The van der Waals surface area contributed by atoms with E-state index in [2.05, 4.69) is 35.7 Å². The van der Waals surface area contributed by atoms with Crippen molar-refractivity contribution in [2.45, 2.75) is 32.9 Å². The molecule has 1 atom stereocenters. The minimum absolute atomic E-state index is 0.114. The Balaban J connectivity index is 1.55. The lowest BCUT2D eigenvalue weighted by Gasteiger charge is -2.16. The third-order valence-corrected chi connectivity index (χ3v) is 5.95. The van der Waals surface area contributed by atoms with Crippen molar-refractivity contribution in [2.75, 3.05) is 5.32 Å². The largest absolute Gasteiger partial charge is 0.397 e. The van der Waals surface area contributed by atoms with Gasteiger partial charge in [0, 0.05) is 23.0 Å². The molecule has 0 saturated heterocycles. The van der Waals surface area contributed by atoms with Crippen molar-refractivity contribution < 1.29 is 18.0 Å². The average molecular weight is 506 g/mol. The highest BCUT2D eigenvalue weighted by molar-refractivity contribution is 6.00. The molecule has 1 unspecified atom stereocenters. The van der Waals surface area contributed by atoms with Crippen LogP contribution in [0.15, 0.2) is 55.0 Å². The Labute approximate surface area is 208 Å². The number of imidazole rings is 1. The number of nitrogens with one attached hydrogen (secondary N) is 2. The molecule has 5 aromatic rings. The molecule has 0 fully saturated rings. The average Bonchev–Trinajstić information content (AvgIpc) is 3.51. The lowest BCUT2D eigenvalue weighted by Crippen LogP contribution is -2.19. The quantitative estimate of drug-likeness (QED) is 0.292. The smallest absolute Gasteiger partial charge is 0.339 e. The van der Waals surface area contributed by atoms with Gasteiger partial charge in [0.15, 0.2) is 11.6 Å². The van der Waals surface area contributed by atoms with Gasteiger partial charge in [-0.2, -0.15) is 23.4 Å². The Morgan fingerprint density at radius 3 is 2.62 bits per heavy atom. The number of fused-ring (bicyclic) bond motifs is 1. The molecular weight excluding hydrogens is 485 g/mol. The van der Waals surface area contributed by atoms with Crippen LogP contribution in [0.2, 0.25) is 0 Å². The van der Waals surface area contributed by atoms with Crippen LogP contribution in [0.25, 0.3) is 28.1 Å². The number of anilines is 2. The lowest BCUT2D eigenvalue weighted by molar-refractivity contribution is -0.147. The molecule has 0 radical (unpaired) electrons. The molecule has 0 spiro atoms. The van der Waals surface area contributed by atoms with Crippen molar-refractivity contribution in [1.82, 2.24) is 34.9 Å². The van der Waals surface area contributed by atoms with E-state index in [1.807, 2.05) is 37.3 Å². The Morgan fingerprint density at radius 2 is 1.92 bits per heavy atom. The summed E-state index contributed by atoms with van der Waals surface area (Å²) in [4.78, 5) is 21.4. The summed E-state index contributed by atoms with van der Waals surface area (Å²) in [6, 6.07) is 12.3. The molecule has 4 aromatic heterocycles. The van der Waals surface area contributed by atoms with Gasteiger partial charge < -0.3 is 5.32 Å². The number of carbonyl (C=O) groups excluding carboxylic acids is 1. The van der Waals surface area contributed by atoms with E-state index in [-0.39, 0.29) is 28.3 Å². The van der Waals surface area contributed by atoms with Crippen LogP contribution in [0.4, 0.5) is 24.7 Å². The fourth-order valence-corrected chi connectivity index (χ4v) is 3.93. The predicted octanol–water partition coefficient (Wildman–Crippen LogP) is 5.52. The van der Waals surface area contributed by atoms with Crippen LogP contribution in [0, 0.1) is 6.92 Å². The van der Waals surface area contributed by atoms with E-state index in [1.54, 1.807) is 23.0 Å². The minimum Gasteiger partial charge on any atom is -0.339 e. The van der Waals surface area contributed by atoms with Gasteiger partial charge in [-0.3, -0.25) is 14.5 Å². The number of H-pyrrole nitrogens is 1. The summed E-state index contributed by atoms with van der Waals surface area (Å²) in [6.07, 6.45) is -1.61. The third-order valence-electron chi connectivity index (χ3n) is 5.95. The third kappa shape index (κ3) is 4.65. The number of carbonyl (C=O) groups is 1. The fourth-order valence-electron chi connectivity index (χ4n) is 3.93. The first-order valence-corrected chi connectivity index (χ1v) is 11.3. The Morgan fingerprint density at radius 1 is 1.11 bits per heavy atom. The molecule has 0 aliphatic carbocycles. The van der Waals surface area contributed by atoms with Gasteiger partial charge in [-0.25, -0.2) is 9.97 Å². The zero-order chi connectivity index (χ0) is 26.3. The van der Waals surface area contributed by atoms with Crippen LogP contribution < -0.4 is 5.32 Å². The first kappa shape index (κ1) is 24.1. The number of hydrogen-bond donors (Lipinski definition) is 2. The second kappa shape index (κ2) is 9.12. The van der Waals surface area contributed by atoms with Crippen LogP contribution in [0.5, 0.6) is 0 Å². The van der Waals surface area contributed by atoms with Gasteiger partial charge in [-0.1, -0.05) is 0 Å². The number of nitrogens with zero attached hydrogens (tertiary/aromatic N) is 6. The molecule has 0 amide bonds. The number of aromatic nitrogens is 7. The zero-order valence-electron chi connectivity index (χ0n) is 20.0. The molecule has 0 saturated carbocycles. The summed E-state index contributed by atoms with van der Waals surface area (Å²) in [5.74, 6) is -1.21. The summed E-state index contributed by atoms with van der Waals surface area (Å²) in [6.45, 7) is 4.21. The molecule has 188 valence electrons. The van der Waals surface area contributed by atoms with Crippen LogP contribution in [0.3, 0.4) is 0 Å². The van der Waals surface area contributed by atoms with Crippen molar-refractivity contribution in [3.63, 3.8) is 0 Å². The van der Waals surface area contributed by atoms with E-state index in [0.717, 1.165) is 18.3 Å². The molecule has 9 nitrogen and oxygen atoms in total. The Kier molecular flexibility index (Phi) is 5.94. The van der Waals surface area contributed by atoms with Gasteiger partial charge in [0.1, 0.15) is 12.1 Å². The summed E-state index contributed by atoms with van der Waals surface area (Å²) >= 11 is 0. The van der Waals surface area contributed by atoms with Crippen LogP contribution >= 0.6 is 0 Å². The molecule has 2 N–H and O–H groups in total. The topological polar surface area (TPSA) is 114 Å². The Bertz CT molecular complexity index is 1600. The van der Waals surface area contributed by atoms with E-state index in [0.29, 0.717) is 22.7 Å². The van der Waals surface area contributed by atoms with Crippen LogP contribution in [0.1, 0.15) is 41.5 Å². The molecule has 0 aliphatic heterocycles. The first-order chi connectivity index (χ1) is 17.6. The second-order valence-electron chi connectivity index (χ2n) is 8.57. The molecule has 0 bridgehead atoms. The number of ketones is 1. The SMILES string of the molecule is CC(=O)c1ccc(-n2cnc3cc(Nc4ccc(C)nn4)ccc32)nc1-c1c[nH]nc1C(C)C(F)(F)F. The summed E-state index contributed by atoms with van der Waals surface area (Å²) in [5.41, 5.74) is 3.11. The number of aryl methyl sites for hydroxylation is 1. The number of benzene rings is 1. The van der Waals surface area contributed by atoms with Crippen molar-refractivity contribution in [1.29, 1.82) is 0 Å². The van der Waals surface area contributed by atoms with E-state index >= 15 is 0 Å². The summed E-state index contributed by atoms with van der Waals surface area (Å²) in [5, 5.41) is 17.6. The Hall–Kier alpha value is -4.61. The van der Waals surface area contributed by atoms with Crippen LogP contribution in [-0.4, -0.2) is 46.9 Å². The normalized spacial score (nSPS) is 12.6. The van der Waals surface area contributed by atoms with Gasteiger partial charge >= 0.3 is 6.18 Å². The van der Waals surface area contributed by atoms with Gasteiger partial charge in [0.05, 0.1) is 34.0 Å². The number of halogens is 3. The number of pyridine rings is 1. The fraction of sp³-hybridized carbons (Fsp3) is 0.200. The lowest BCUT2D eigenvalue weighted by atomic mass is 9.97. The maximum absolute atomic E-state index is 13.5. The number of alkyl halides is 3. The van der Waals surface area contributed by atoms with E-state index in [1.165, 1.54) is 13.1 Å². The summed E-state index contributed by atoms with van der Waals surface area (Å²) < 4.78 is 42.1. The maximum Gasteiger partial charge on any atom is 0.397 e. The second-order valence-corrected chi connectivity index (χ2v) is 8.57. The molecule has 1 aromatic carbocycles. The van der Waals surface area contributed by atoms with Gasteiger partial charge in [0.2, 0.25) is 0 Å². The first-order valence-electron chi connectivity index (χ1n) is 11.3. The van der Waals surface area contributed by atoms with Crippen molar-refractivity contribution in [3.05, 3.63) is 71.9 Å². The highest BCUT2D eigenvalue weighted by atomic mass is 19.4. The van der Waals surface area contributed by atoms with Crippen molar-refractivity contribution >= 4 is 28.3 Å². The maximum atomic E-state index is 13.5. The molecule has 12 heteroatoms. The molecule has 37 heavy (non-hydrogen) atoms. The van der Waals surface area contributed by atoms with Crippen molar-refractivity contribution in [3.8, 4) is 17.1 Å². The van der Waals surface area contributed by atoms with Gasteiger partial charge in [0.25, 0.3) is 0 Å². The van der Waals surface area contributed by atoms with Gasteiger partial charge in [-0.05, 0) is 63.2 Å². The number of Topliss-reactive ketones (excluding diaryl/α,β-unsaturated/α-hetero) is 1. The standard InChI is InChI=1S/C25H21F3N8O/c1-13-4-8-21(34-33-13)31-16-5-7-20-19(10-16)29-12-36(20)22-9-6-17(15(3)37)24(32-22)18-11-30-35-23(18)14(2)25(26,27)28/h4-12,14H,1-3H3,(H,30,35)(H,31,34). The van der Waals surface area contributed by atoms with E-state index in [4.69, 9.17) is 0 Å². The highest BCUT2D eigenvalue weighted by Crippen LogP contribution is 2.38. The monoisotopic (exact) mass is 506 g/mol. The predicted molar refractivity (Wildman–Crippen MR) is 131 cm³/mol. The number of aromatic amines is 1. The minimum atomic E-state index is -4.51. The number of hydrogen-bond acceptors (Lipinski definition) is 7. The van der Waals surface area contributed by atoms with Gasteiger partial charge in [-0.15, -0.1) is 5.10 Å². The molecular formula is C25H21F3N8O. The molecule has 4 heterocycles. The van der Waals surface area contributed by atoms with E-state index in [9.17, 15) is 18.0 Å². The van der Waals surface area contributed by atoms with E-state index < -0.39 is 12.1 Å². The highest BCUT2D eigenvalue weighted by Gasteiger charge is 2.40. The zero-order valence-corrected chi connectivity index (χ0v) is 20.0. The summed E-state index contributed by atoms with van der Waals surface area (Å²) in [7, 11) is 0. The van der Waals surface area contributed by atoms with Crippen LogP contribution in [-0.2, 0) is 0 Å². The van der Waals surface area contributed by atoms with Crippen molar-refractivity contribution in [2.24, 2.45) is 0 Å². The molecule has 5 rings (SSSR count). The number of rotatable bonds is 6.